The van der Waals surface area contributed by atoms with Crippen molar-refractivity contribution in [1.82, 2.24) is 10.0 Å². The Morgan fingerprint density at radius 1 is 0.912 bits per heavy atom. The first-order valence-corrected chi connectivity index (χ1v) is 12.2. The van der Waals surface area contributed by atoms with E-state index in [1.54, 1.807) is 0 Å². The zero-order valence-corrected chi connectivity index (χ0v) is 21.1. The molecule has 34 heavy (non-hydrogen) atoms. The van der Waals surface area contributed by atoms with Gasteiger partial charge in [-0.1, -0.05) is 53.3 Å². The third-order valence-electron chi connectivity index (χ3n) is 6.33. The van der Waals surface area contributed by atoms with Crippen LogP contribution in [0.15, 0.2) is 36.4 Å². The van der Waals surface area contributed by atoms with Crippen LogP contribution in [0.4, 0.5) is 0 Å². The van der Waals surface area contributed by atoms with E-state index in [-0.39, 0.29) is 32.1 Å². The molecule has 1 saturated heterocycles. The van der Waals surface area contributed by atoms with Gasteiger partial charge in [-0.15, -0.1) is 0 Å². The Kier molecular flexibility index (Phi) is 7.25. The van der Waals surface area contributed by atoms with Crippen LogP contribution in [-0.4, -0.2) is 40.1 Å². The van der Waals surface area contributed by atoms with E-state index in [0.29, 0.717) is 17.9 Å². The number of benzene rings is 2. The number of rotatable bonds is 5. The molecule has 2 aromatic carbocycles. The van der Waals surface area contributed by atoms with Crippen LogP contribution in [0.5, 0.6) is 0 Å². The number of carbonyl (C=O) groups is 4. The van der Waals surface area contributed by atoms with Gasteiger partial charge in [-0.05, 0) is 61.6 Å². The summed E-state index contributed by atoms with van der Waals surface area (Å²) in [4.78, 5) is 53.3. The summed E-state index contributed by atoms with van der Waals surface area (Å²) >= 11 is 24.2. The van der Waals surface area contributed by atoms with Crippen molar-refractivity contribution in [1.29, 1.82) is 0 Å². The summed E-state index contributed by atoms with van der Waals surface area (Å²) < 4.78 is 0. The fraction of sp³-hybridized carbons (Fsp3) is 0.333. The number of halogens is 4. The monoisotopic (exact) mass is 540 g/mol. The van der Waals surface area contributed by atoms with Crippen molar-refractivity contribution in [2.24, 2.45) is 17.8 Å². The largest absolute Gasteiger partial charge is 0.292 e. The third-order valence-corrected chi connectivity index (χ3v) is 7.62. The average molecular weight is 542 g/mol. The van der Waals surface area contributed by atoms with E-state index >= 15 is 0 Å². The van der Waals surface area contributed by atoms with Crippen molar-refractivity contribution in [3.63, 3.8) is 0 Å². The molecular weight excluding hydrogens is 522 g/mol. The number of ketones is 1. The minimum Gasteiger partial charge on any atom is -0.292 e. The molecule has 0 N–H and O–H groups in total. The molecule has 10 heteroatoms. The number of imide groups is 1. The van der Waals surface area contributed by atoms with E-state index in [2.05, 4.69) is 0 Å². The fourth-order valence-electron chi connectivity index (χ4n) is 4.56. The maximum Gasteiger partial charge on any atom is 0.273 e. The second-order valence-electron chi connectivity index (χ2n) is 8.66. The summed E-state index contributed by atoms with van der Waals surface area (Å²) in [6, 6.07) is 8.52. The molecular formula is C24H20Cl4N2O4. The van der Waals surface area contributed by atoms with Crippen molar-refractivity contribution in [3.8, 4) is 0 Å². The van der Waals surface area contributed by atoms with Crippen molar-refractivity contribution in [2.75, 3.05) is 6.54 Å². The Balaban J connectivity index is 1.72. The Morgan fingerprint density at radius 2 is 1.62 bits per heavy atom. The molecule has 0 radical (unpaired) electrons. The molecule has 3 atom stereocenters. The molecule has 1 aliphatic heterocycles. The van der Waals surface area contributed by atoms with Crippen molar-refractivity contribution < 1.29 is 19.2 Å². The molecule has 2 aliphatic rings. The fourth-order valence-corrected chi connectivity index (χ4v) is 5.37. The van der Waals surface area contributed by atoms with Gasteiger partial charge in [0.1, 0.15) is 6.54 Å². The standard InChI is InChI=1S/C24H20Cl4N2O4/c1-12-2-5-15-17(8-12)24(34)30(23(15)33)29(22(32)13-3-7-18(26)20(28)9-13)11-21(31)16-6-4-14(25)10-19(16)27/h3-4,6-7,9-10,12,15,17H,2,5,8,11H2,1H3/t12-,15+,17-/m1/s1. The Bertz CT molecular complexity index is 1200. The molecule has 6 nitrogen and oxygen atoms in total. The van der Waals surface area contributed by atoms with Crippen LogP contribution in [0.25, 0.3) is 0 Å². The second-order valence-corrected chi connectivity index (χ2v) is 10.3. The van der Waals surface area contributed by atoms with Gasteiger partial charge in [-0.25, -0.2) is 5.01 Å². The molecule has 2 fully saturated rings. The molecule has 0 bridgehead atoms. The zero-order chi connectivity index (χ0) is 24.7. The minimum absolute atomic E-state index is 0.0771. The second kappa shape index (κ2) is 9.86. The number of amides is 3. The topological polar surface area (TPSA) is 74.8 Å². The maximum absolute atomic E-state index is 13.5. The summed E-state index contributed by atoms with van der Waals surface area (Å²) in [6.45, 7) is 1.45. The first-order chi connectivity index (χ1) is 16.1. The maximum atomic E-state index is 13.5. The lowest BCUT2D eigenvalue weighted by molar-refractivity contribution is -0.154. The van der Waals surface area contributed by atoms with Crippen LogP contribution in [0, 0.1) is 17.8 Å². The van der Waals surface area contributed by atoms with Crippen molar-refractivity contribution in [3.05, 3.63) is 67.6 Å². The van der Waals surface area contributed by atoms with E-state index in [4.69, 9.17) is 46.4 Å². The average Bonchev–Trinajstić information content (AvgIpc) is 3.02. The summed E-state index contributed by atoms with van der Waals surface area (Å²) in [5.41, 5.74) is 0.191. The number of hydrogen-bond donors (Lipinski definition) is 0. The quantitative estimate of drug-likeness (QED) is 0.345. The number of nitrogens with zero attached hydrogens (tertiary/aromatic N) is 2. The first kappa shape index (κ1) is 25.0. The molecule has 2 aromatic rings. The molecule has 4 rings (SSSR count). The summed E-state index contributed by atoms with van der Waals surface area (Å²) in [5.74, 6) is -3.00. The van der Waals surface area contributed by atoms with Crippen molar-refractivity contribution >= 4 is 69.9 Å². The molecule has 3 amide bonds. The van der Waals surface area contributed by atoms with Gasteiger partial charge in [0.25, 0.3) is 17.7 Å². The van der Waals surface area contributed by atoms with Crippen molar-refractivity contribution in [2.45, 2.75) is 26.2 Å². The van der Waals surface area contributed by atoms with E-state index in [1.807, 2.05) is 6.92 Å². The Labute approximate surface area is 216 Å². The number of hydrazine groups is 1. The van der Waals surface area contributed by atoms with Crippen LogP contribution in [0.1, 0.15) is 46.9 Å². The van der Waals surface area contributed by atoms with Crippen LogP contribution in [0.3, 0.4) is 0 Å². The molecule has 0 spiro atoms. The number of hydrogen-bond acceptors (Lipinski definition) is 4. The predicted octanol–water partition coefficient (Wildman–Crippen LogP) is 5.96. The number of fused-ring (bicyclic) bond motifs is 1. The lowest BCUT2D eigenvalue weighted by Crippen LogP contribution is -2.52. The van der Waals surface area contributed by atoms with Crippen LogP contribution in [-0.2, 0) is 9.59 Å². The molecule has 178 valence electrons. The van der Waals surface area contributed by atoms with Crippen LogP contribution in [0.2, 0.25) is 20.1 Å². The van der Waals surface area contributed by atoms with Gasteiger partial charge in [0, 0.05) is 16.1 Å². The Morgan fingerprint density at radius 3 is 2.29 bits per heavy atom. The van der Waals surface area contributed by atoms with Gasteiger partial charge in [0.15, 0.2) is 5.78 Å². The van der Waals surface area contributed by atoms with E-state index in [0.717, 1.165) is 16.4 Å². The third kappa shape index (κ3) is 4.69. The zero-order valence-electron chi connectivity index (χ0n) is 18.1. The highest BCUT2D eigenvalue weighted by atomic mass is 35.5. The highest BCUT2D eigenvalue weighted by molar-refractivity contribution is 6.42. The minimum atomic E-state index is -0.731. The molecule has 1 heterocycles. The molecule has 1 saturated carbocycles. The predicted molar refractivity (Wildman–Crippen MR) is 130 cm³/mol. The summed E-state index contributed by atoms with van der Waals surface area (Å²) in [5, 5.41) is 2.53. The van der Waals surface area contributed by atoms with Gasteiger partial charge >= 0.3 is 0 Å². The van der Waals surface area contributed by atoms with Gasteiger partial charge in [-0.3, -0.25) is 19.2 Å². The van der Waals surface area contributed by atoms with Gasteiger partial charge in [0.2, 0.25) is 0 Å². The summed E-state index contributed by atoms with van der Waals surface area (Å²) in [7, 11) is 0. The molecule has 1 aliphatic carbocycles. The smallest absolute Gasteiger partial charge is 0.273 e. The number of Topliss-reactive ketones (excluding diaryl/α,β-unsaturated/α-hetero) is 1. The molecule has 0 unspecified atom stereocenters. The summed E-state index contributed by atoms with van der Waals surface area (Å²) in [6.07, 6.45) is 1.92. The highest BCUT2D eigenvalue weighted by Gasteiger charge is 2.52. The normalized spacial score (nSPS) is 22.0. The van der Waals surface area contributed by atoms with E-state index in [9.17, 15) is 19.2 Å². The lowest BCUT2D eigenvalue weighted by atomic mass is 9.76. The van der Waals surface area contributed by atoms with E-state index in [1.165, 1.54) is 36.4 Å². The van der Waals surface area contributed by atoms with Crippen LogP contribution >= 0.6 is 46.4 Å². The SMILES string of the molecule is C[C@@H]1CC[C@@H]2C(=O)N(N(CC(=O)c3ccc(Cl)cc3Cl)C(=O)c3ccc(Cl)c(Cl)c3)C(=O)[C@@H]2C1. The van der Waals surface area contributed by atoms with Gasteiger partial charge < -0.3 is 0 Å². The first-order valence-electron chi connectivity index (χ1n) is 10.7. The van der Waals surface area contributed by atoms with Crippen LogP contribution < -0.4 is 0 Å². The molecule has 0 aromatic heterocycles. The highest BCUT2D eigenvalue weighted by Crippen LogP contribution is 2.41. The Hall–Kier alpha value is -2.12. The van der Waals surface area contributed by atoms with Gasteiger partial charge in [-0.2, -0.15) is 5.01 Å². The number of carbonyl (C=O) groups excluding carboxylic acids is 4. The lowest BCUT2D eigenvalue weighted by Gasteiger charge is -2.30. The van der Waals surface area contributed by atoms with Gasteiger partial charge in [0.05, 0.1) is 26.9 Å². The van der Waals surface area contributed by atoms with E-state index < -0.39 is 41.9 Å².